The first-order chi connectivity index (χ1) is 15.0. The first-order valence-corrected chi connectivity index (χ1v) is 10.9. The fourth-order valence-electron chi connectivity index (χ4n) is 4.48. The van der Waals surface area contributed by atoms with E-state index in [-0.39, 0.29) is 35.9 Å². The normalized spacial score (nSPS) is 21.1. The van der Waals surface area contributed by atoms with Gasteiger partial charge in [-0.05, 0) is 23.3 Å². The molecule has 174 valence electrons. The van der Waals surface area contributed by atoms with Crippen LogP contribution in [0.2, 0.25) is 0 Å². The van der Waals surface area contributed by atoms with Crippen molar-refractivity contribution in [3.05, 3.63) is 65.5 Å². The van der Waals surface area contributed by atoms with Crippen molar-refractivity contribution in [2.24, 2.45) is 4.99 Å². The van der Waals surface area contributed by atoms with Crippen LogP contribution in [0.15, 0.2) is 53.5 Å². The molecule has 0 aromatic heterocycles. The van der Waals surface area contributed by atoms with Gasteiger partial charge in [0, 0.05) is 53.9 Å². The number of nitrogens with zero attached hydrogens (tertiary/aromatic N) is 4. The van der Waals surface area contributed by atoms with Gasteiger partial charge >= 0.3 is 0 Å². The van der Waals surface area contributed by atoms with Crippen LogP contribution in [0.5, 0.6) is 0 Å². The Morgan fingerprint density at radius 3 is 2.62 bits per heavy atom. The number of likely N-dealkylation sites (tertiary alicyclic amines) is 1. The highest BCUT2D eigenvalue weighted by Crippen LogP contribution is 2.25. The Bertz CT molecular complexity index is 911. The monoisotopic (exact) mass is 553 g/mol. The summed E-state index contributed by atoms with van der Waals surface area (Å²) in [5.41, 5.74) is 2.81. The van der Waals surface area contributed by atoms with Gasteiger partial charge in [0.05, 0.1) is 24.4 Å². The Balaban J connectivity index is 0.00000289. The van der Waals surface area contributed by atoms with Gasteiger partial charge in [-0.2, -0.15) is 0 Å². The molecule has 2 unspecified atom stereocenters. The van der Waals surface area contributed by atoms with Gasteiger partial charge < -0.3 is 19.9 Å². The summed E-state index contributed by atoms with van der Waals surface area (Å²) in [6.45, 7) is 4.83. The van der Waals surface area contributed by atoms with Crippen molar-refractivity contribution in [2.45, 2.75) is 25.2 Å². The minimum Gasteiger partial charge on any atom is -0.375 e. The van der Waals surface area contributed by atoms with E-state index >= 15 is 0 Å². The number of guanidine groups is 1. The van der Waals surface area contributed by atoms with Crippen LogP contribution >= 0.6 is 24.0 Å². The highest BCUT2D eigenvalue weighted by Gasteiger charge is 2.41. The number of hydrogen-bond donors (Lipinski definition) is 1. The molecule has 6 nitrogen and oxygen atoms in total. The molecule has 2 aromatic rings. The van der Waals surface area contributed by atoms with Gasteiger partial charge in [0.15, 0.2) is 5.96 Å². The topological polar surface area (TPSA) is 43.3 Å². The maximum absolute atomic E-state index is 14.3. The molecule has 0 amide bonds. The lowest BCUT2D eigenvalue weighted by molar-refractivity contribution is -0.0502. The number of ether oxygens (including phenoxy) is 1. The number of aliphatic imine (C=N–C) groups is 1. The molecule has 2 saturated heterocycles. The van der Waals surface area contributed by atoms with Crippen molar-refractivity contribution in [3.63, 3.8) is 0 Å². The maximum Gasteiger partial charge on any atom is 0.194 e. The van der Waals surface area contributed by atoms with Crippen LogP contribution in [0.1, 0.15) is 11.1 Å². The summed E-state index contributed by atoms with van der Waals surface area (Å²) in [5, 5.41) is 3.40. The van der Waals surface area contributed by atoms with E-state index < -0.39 is 0 Å². The molecule has 2 atom stereocenters. The summed E-state index contributed by atoms with van der Waals surface area (Å²) in [6.07, 6.45) is 0.174. The van der Waals surface area contributed by atoms with Crippen LogP contribution < -0.4 is 10.2 Å². The Hall–Kier alpha value is -1.91. The number of anilines is 1. The number of nitrogens with one attached hydrogen (secondary N) is 1. The molecule has 0 spiro atoms. The van der Waals surface area contributed by atoms with Crippen LogP contribution in [0.3, 0.4) is 0 Å². The zero-order chi connectivity index (χ0) is 21.8. The number of halogens is 2. The first-order valence-electron chi connectivity index (χ1n) is 10.9. The fraction of sp³-hybridized carbons (Fsp3) is 0.458. The van der Waals surface area contributed by atoms with Gasteiger partial charge in [-0.15, -0.1) is 24.0 Å². The van der Waals surface area contributed by atoms with Crippen molar-refractivity contribution in [2.75, 3.05) is 52.3 Å². The Morgan fingerprint density at radius 2 is 1.94 bits per heavy atom. The molecule has 2 aromatic carbocycles. The molecule has 2 fully saturated rings. The molecular formula is C24H33FIN5O. The van der Waals surface area contributed by atoms with E-state index in [2.05, 4.69) is 50.4 Å². The average Bonchev–Trinajstić information content (AvgIpc) is 3.20. The highest BCUT2D eigenvalue weighted by molar-refractivity contribution is 14.0. The van der Waals surface area contributed by atoms with E-state index in [4.69, 9.17) is 4.74 Å². The molecule has 8 heteroatoms. The van der Waals surface area contributed by atoms with Crippen molar-refractivity contribution < 1.29 is 9.13 Å². The second kappa shape index (κ2) is 11.3. The zero-order valence-electron chi connectivity index (χ0n) is 19.0. The van der Waals surface area contributed by atoms with Gasteiger partial charge in [0.25, 0.3) is 0 Å². The Kier molecular flexibility index (Phi) is 8.72. The third-order valence-electron chi connectivity index (χ3n) is 6.10. The SMILES string of the molecule is CN=C(NCc1ccc(N(C)C)c(F)c1)N1CC2OCCN(Cc3ccccc3)C2C1.I. The Labute approximate surface area is 207 Å². The Morgan fingerprint density at radius 1 is 1.16 bits per heavy atom. The summed E-state index contributed by atoms with van der Waals surface area (Å²) in [6, 6.07) is 16.3. The number of hydrogen-bond acceptors (Lipinski definition) is 4. The largest absolute Gasteiger partial charge is 0.375 e. The second-order valence-corrected chi connectivity index (χ2v) is 8.42. The lowest BCUT2D eigenvalue weighted by atomic mass is 10.1. The van der Waals surface area contributed by atoms with Crippen LogP contribution in [0.25, 0.3) is 0 Å². The third-order valence-corrected chi connectivity index (χ3v) is 6.10. The lowest BCUT2D eigenvalue weighted by Gasteiger charge is -2.36. The van der Waals surface area contributed by atoms with Crippen molar-refractivity contribution >= 4 is 35.6 Å². The number of rotatable bonds is 5. The molecule has 0 bridgehead atoms. The fourth-order valence-corrected chi connectivity index (χ4v) is 4.48. The van der Waals surface area contributed by atoms with Crippen LogP contribution in [0, 0.1) is 5.82 Å². The summed E-state index contributed by atoms with van der Waals surface area (Å²) in [4.78, 5) is 11.0. The molecule has 0 saturated carbocycles. The predicted octanol–water partition coefficient (Wildman–Crippen LogP) is 3.17. The quantitative estimate of drug-likeness (QED) is 0.350. The van der Waals surface area contributed by atoms with E-state index in [0.717, 1.165) is 44.3 Å². The van der Waals surface area contributed by atoms with Gasteiger partial charge in [0.2, 0.25) is 0 Å². The summed E-state index contributed by atoms with van der Waals surface area (Å²) < 4.78 is 20.4. The minimum atomic E-state index is -0.212. The number of fused-ring (bicyclic) bond motifs is 1. The summed E-state index contributed by atoms with van der Waals surface area (Å²) in [5.74, 6) is 0.617. The van der Waals surface area contributed by atoms with Crippen LogP contribution in [-0.2, 0) is 17.8 Å². The maximum atomic E-state index is 14.3. The molecule has 2 aliphatic rings. The van der Waals surface area contributed by atoms with E-state index in [1.807, 2.05) is 26.2 Å². The van der Waals surface area contributed by atoms with Crippen molar-refractivity contribution in [1.82, 2.24) is 15.1 Å². The van der Waals surface area contributed by atoms with Gasteiger partial charge in [0.1, 0.15) is 5.82 Å². The molecule has 0 radical (unpaired) electrons. The minimum absolute atomic E-state index is 0. The number of benzene rings is 2. The molecule has 0 aliphatic carbocycles. The molecule has 32 heavy (non-hydrogen) atoms. The van der Waals surface area contributed by atoms with Gasteiger partial charge in [-0.3, -0.25) is 9.89 Å². The second-order valence-electron chi connectivity index (χ2n) is 8.42. The van der Waals surface area contributed by atoms with E-state index in [0.29, 0.717) is 18.3 Å². The molecule has 1 N–H and O–H groups in total. The molecular weight excluding hydrogens is 520 g/mol. The molecule has 2 heterocycles. The summed E-state index contributed by atoms with van der Waals surface area (Å²) >= 11 is 0. The smallest absolute Gasteiger partial charge is 0.194 e. The molecule has 2 aliphatic heterocycles. The third kappa shape index (κ3) is 5.71. The average molecular weight is 553 g/mol. The standard InChI is InChI=1S/C24H32FN5O.HI/c1-26-24(27-14-19-9-10-21(28(2)3)20(25)13-19)30-16-22-23(17-30)31-12-11-29(22)15-18-7-5-4-6-8-18;/h4-10,13,22-23H,11-12,14-17H2,1-3H3,(H,26,27);1H. The highest BCUT2D eigenvalue weighted by atomic mass is 127. The number of morpholine rings is 1. The van der Waals surface area contributed by atoms with Crippen LogP contribution in [0.4, 0.5) is 10.1 Å². The van der Waals surface area contributed by atoms with E-state index in [1.54, 1.807) is 18.0 Å². The van der Waals surface area contributed by atoms with Crippen molar-refractivity contribution in [1.29, 1.82) is 0 Å². The zero-order valence-corrected chi connectivity index (χ0v) is 21.3. The van der Waals surface area contributed by atoms with E-state index in [1.165, 1.54) is 5.56 Å². The van der Waals surface area contributed by atoms with Crippen LogP contribution in [-0.4, -0.2) is 75.3 Å². The first kappa shape index (κ1) is 24.7. The van der Waals surface area contributed by atoms with Crippen molar-refractivity contribution in [3.8, 4) is 0 Å². The van der Waals surface area contributed by atoms with Gasteiger partial charge in [-0.25, -0.2) is 4.39 Å². The van der Waals surface area contributed by atoms with Gasteiger partial charge in [-0.1, -0.05) is 36.4 Å². The lowest BCUT2D eigenvalue weighted by Crippen LogP contribution is -2.50. The van der Waals surface area contributed by atoms with E-state index in [9.17, 15) is 4.39 Å². The predicted molar refractivity (Wildman–Crippen MR) is 138 cm³/mol. The molecule has 4 rings (SSSR count). The summed E-state index contributed by atoms with van der Waals surface area (Å²) in [7, 11) is 5.48.